The summed E-state index contributed by atoms with van der Waals surface area (Å²) in [5.41, 5.74) is 1.25. The van der Waals surface area contributed by atoms with Crippen LogP contribution in [0.4, 0.5) is 0 Å². The lowest BCUT2D eigenvalue weighted by molar-refractivity contribution is 0.222. The smallest absolute Gasteiger partial charge is 0.124 e. The summed E-state index contributed by atoms with van der Waals surface area (Å²) in [5.74, 6) is 1.01. The van der Waals surface area contributed by atoms with E-state index in [2.05, 4.69) is 49.3 Å². The molecule has 3 heteroatoms. The monoisotopic (exact) mass is 262 g/mol. The maximum absolute atomic E-state index is 5.86. The van der Waals surface area contributed by atoms with Gasteiger partial charge in [0.2, 0.25) is 0 Å². The number of likely N-dealkylation sites (tertiary alicyclic amines) is 1. The van der Waals surface area contributed by atoms with E-state index < -0.39 is 0 Å². The van der Waals surface area contributed by atoms with Gasteiger partial charge in [-0.25, -0.2) is 0 Å². The summed E-state index contributed by atoms with van der Waals surface area (Å²) in [6, 6.07) is 8.93. The van der Waals surface area contributed by atoms with E-state index in [4.69, 9.17) is 4.74 Å². The molecule has 1 aliphatic heterocycles. The van der Waals surface area contributed by atoms with Gasteiger partial charge in [0.25, 0.3) is 0 Å². The van der Waals surface area contributed by atoms with E-state index >= 15 is 0 Å². The zero-order chi connectivity index (χ0) is 13.7. The number of rotatable bonds is 5. The highest BCUT2D eigenvalue weighted by molar-refractivity contribution is 5.33. The van der Waals surface area contributed by atoms with Crippen LogP contribution in [0.3, 0.4) is 0 Å². The molecule has 1 heterocycles. The molecule has 1 aromatic carbocycles. The van der Waals surface area contributed by atoms with Gasteiger partial charge in [0, 0.05) is 24.7 Å². The van der Waals surface area contributed by atoms with Crippen molar-refractivity contribution >= 4 is 0 Å². The first-order valence-corrected chi connectivity index (χ1v) is 7.31. The predicted octanol–water partition coefficient (Wildman–Crippen LogP) is 2.66. The van der Waals surface area contributed by atoms with Crippen LogP contribution < -0.4 is 10.1 Å². The molecule has 0 saturated carbocycles. The summed E-state index contributed by atoms with van der Waals surface area (Å²) in [6.45, 7) is 7.40. The van der Waals surface area contributed by atoms with E-state index in [1.54, 1.807) is 0 Å². The Balaban J connectivity index is 1.91. The Morgan fingerprint density at radius 3 is 2.89 bits per heavy atom. The highest BCUT2D eigenvalue weighted by Crippen LogP contribution is 2.20. The number of piperidine rings is 1. The lowest BCUT2D eigenvalue weighted by atomic mass is 10.1. The Morgan fingerprint density at radius 1 is 1.37 bits per heavy atom. The molecule has 1 atom stereocenters. The Bertz CT molecular complexity index is 392. The third-order valence-electron chi connectivity index (χ3n) is 3.54. The molecule has 1 N–H and O–H groups in total. The molecule has 1 aromatic rings. The molecule has 0 bridgehead atoms. The number of likely N-dealkylation sites (N-methyl/N-ethyl adjacent to an activating group) is 1. The Kier molecular flexibility index (Phi) is 5.23. The van der Waals surface area contributed by atoms with E-state index in [1.165, 1.54) is 24.9 Å². The first kappa shape index (κ1) is 14.4. The fourth-order valence-corrected chi connectivity index (χ4v) is 2.61. The lowest BCUT2D eigenvalue weighted by Crippen LogP contribution is -2.43. The van der Waals surface area contributed by atoms with Crippen LogP contribution in [-0.2, 0) is 6.54 Å². The minimum Gasteiger partial charge on any atom is -0.491 e. The average Bonchev–Trinajstić information content (AvgIpc) is 2.37. The van der Waals surface area contributed by atoms with Crippen LogP contribution in [0.2, 0.25) is 0 Å². The molecule has 1 fully saturated rings. The normalized spacial score (nSPS) is 20.7. The van der Waals surface area contributed by atoms with Crippen LogP contribution in [-0.4, -0.2) is 37.2 Å². The molecule has 1 saturated heterocycles. The maximum Gasteiger partial charge on any atom is 0.124 e. The van der Waals surface area contributed by atoms with Crippen LogP contribution in [0.1, 0.15) is 32.3 Å². The van der Waals surface area contributed by atoms with Gasteiger partial charge in [0.15, 0.2) is 0 Å². The maximum atomic E-state index is 5.86. The molecular formula is C16H26N2O. The highest BCUT2D eigenvalue weighted by Gasteiger charge is 2.16. The van der Waals surface area contributed by atoms with Gasteiger partial charge >= 0.3 is 0 Å². The van der Waals surface area contributed by atoms with Gasteiger partial charge in [-0.05, 0) is 46.3 Å². The van der Waals surface area contributed by atoms with Crippen molar-refractivity contribution in [3.8, 4) is 5.75 Å². The van der Waals surface area contributed by atoms with Gasteiger partial charge in [-0.1, -0.05) is 18.2 Å². The van der Waals surface area contributed by atoms with E-state index in [-0.39, 0.29) is 6.10 Å². The number of ether oxygens (including phenoxy) is 1. The first-order valence-electron chi connectivity index (χ1n) is 7.31. The zero-order valence-corrected chi connectivity index (χ0v) is 12.4. The van der Waals surface area contributed by atoms with E-state index in [0.29, 0.717) is 6.04 Å². The molecule has 0 spiro atoms. The zero-order valence-electron chi connectivity index (χ0n) is 12.4. The van der Waals surface area contributed by atoms with Crippen LogP contribution in [0.15, 0.2) is 24.3 Å². The number of para-hydroxylation sites is 1. The standard InChI is InChI=1S/C16H26N2O/c1-13(2)19-16-9-5-4-7-14(16)11-17-15-8-6-10-18(3)12-15/h4-5,7,9,13,15,17H,6,8,10-12H2,1-3H3. The van der Waals surface area contributed by atoms with Crippen LogP contribution in [0.25, 0.3) is 0 Å². The van der Waals surface area contributed by atoms with E-state index in [1.807, 2.05) is 6.07 Å². The van der Waals surface area contributed by atoms with E-state index in [0.717, 1.165) is 18.8 Å². The summed E-state index contributed by atoms with van der Waals surface area (Å²) in [6.07, 6.45) is 2.79. The number of nitrogens with zero attached hydrogens (tertiary/aromatic N) is 1. The molecule has 2 rings (SSSR count). The summed E-state index contributed by atoms with van der Waals surface area (Å²) < 4.78 is 5.86. The molecule has 0 amide bonds. The second kappa shape index (κ2) is 6.92. The third-order valence-corrected chi connectivity index (χ3v) is 3.54. The fraction of sp³-hybridized carbons (Fsp3) is 0.625. The molecule has 19 heavy (non-hydrogen) atoms. The van der Waals surface area contributed by atoms with Crippen molar-refractivity contribution in [3.63, 3.8) is 0 Å². The second-order valence-electron chi connectivity index (χ2n) is 5.76. The van der Waals surface area contributed by atoms with Gasteiger partial charge in [0.1, 0.15) is 5.75 Å². The van der Waals surface area contributed by atoms with Gasteiger partial charge < -0.3 is 15.0 Å². The van der Waals surface area contributed by atoms with Crippen molar-refractivity contribution in [2.24, 2.45) is 0 Å². The molecule has 1 aliphatic rings. The Hall–Kier alpha value is -1.06. The minimum atomic E-state index is 0.224. The summed E-state index contributed by atoms with van der Waals surface area (Å²) >= 11 is 0. The quantitative estimate of drug-likeness (QED) is 0.883. The predicted molar refractivity (Wildman–Crippen MR) is 79.6 cm³/mol. The van der Waals surface area contributed by atoms with Crippen molar-refractivity contribution in [1.29, 1.82) is 0 Å². The second-order valence-corrected chi connectivity index (χ2v) is 5.76. The summed E-state index contributed by atoms with van der Waals surface area (Å²) in [4.78, 5) is 2.40. The Morgan fingerprint density at radius 2 is 2.16 bits per heavy atom. The van der Waals surface area contributed by atoms with Crippen molar-refractivity contribution in [3.05, 3.63) is 29.8 Å². The van der Waals surface area contributed by atoms with Gasteiger partial charge in [-0.3, -0.25) is 0 Å². The summed E-state index contributed by atoms with van der Waals surface area (Å²) in [5, 5.41) is 3.66. The molecule has 0 aromatic heterocycles. The van der Waals surface area contributed by atoms with Crippen molar-refractivity contribution in [2.45, 2.75) is 45.4 Å². The van der Waals surface area contributed by atoms with Gasteiger partial charge in [-0.15, -0.1) is 0 Å². The number of benzene rings is 1. The van der Waals surface area contributed by atoms with Gasteiger partial charge in [0.05, 0.1) is 6.10 Å². The third kappa shape index (κ3) is 4.51. The average molecular weight is 262 g/mol. The molecule has 0 aliphatic carbocycles. The molecular weight excluding hydrogens is 236 g/mol. The molecule has 1 unspecified atom stereocenters. The van der Waals surface area contributed by atoms with Crippen molar-refractivity contribution in [1.82, 2.24) is 10.2 Å². The van der Waals surface area contributed by atoms with E-state index in [9.17, 15) is 0 Å². The van der Waals surface area contributed by atoms with Gasteiger partial charge in [-0.2, -0.15) is 0 Å². The largest absolute Gasteiger partial charge is 0.491 e. The van der Waals surface area contributed by atoms with Crippen LogP contribution in [0, 0.1) is 0 Å². The number of hydrogen-bond donors (Lipinski definition) is 1. The topological polar surface area (TPSA) is 24.5 Å². The fourth-order valence-electron chi connectivity index (χ4n) is 2.61. The number of hydrogen-bond acceptors (Lipinski definition) is 3. The SMILES string of the molecule is CC(C)Oc1ccccc1CNC1CCCN(C)C1. The van der Waals surface area contributed by atoms with Crippen LogP contribution in [0.5, 0.6) is 5.75 Å². The molecule has 3 nitrogen and oxygen atoms in total. The number of nitrogens with one attached hydrogen (secondary N) is 1. The lowest BCUT2D eigenvalue weighted by Gasteiger charge is -2.30. The molecule has 0 radical (unpaired) electrons. The summed E-state index contributed by atoms with van der Waals surface area (Å²) in [7, 11) is 2.20. The first-order chi connectivity index (χ1) is 9.15. The highest BCUT2D eigenvalue weighted by atomic mass is 16.5. The Labute approximate surface area is 116 Å². The molecule has 106 valence electrons. The van der Waals surface area contributed by atoms with Crippen molar-refractivity contribution in [2.75, 3.05) is 20.1 Å². The van der Waals surface area contributed by atoms with Crippen LogP contribution >= 0.6 is 0 Å². The minimum absolute atomic E-state index is 0.224. The van der Waals surface area contributed by atoms with Crippen molar-refractivity contribution < 1.29 is 4.74 Å².